The van der Waals surface area contributed by atoms with E-state index in [2.05, 4.69) is 29.0 Å². The molecule has 0 saturated carbocycles. The predicted octanol–water partition coefficient (Wildman–Crippen LogP) is 1.32. The summed E-state index contributed by atoms with van der Waals surface area (Å²) < 4.78 is 10.7. The zero-order valence-corrected chi connectivity index (χ0v) is 9.89. The molecule has 1 fully saturated rings. The summed E-state index contributed by atoms with van der Waals surface area (Å²) in [5.74, 6) is 1.73. The summed E-state index contributed by atoms with van der Waals surface area (Å²) in [6, 6.07) is 6.19. The first-order valence-electron chi connectivity index (χ1n) is 5.97. The van der Waals surface area contributed by atoms with Crippen molar-refractivity contribution in [3.63, 3.8) is 0 Å². The Morgan fingerprint density at radius 2 is 1.82 bits per heavy atom. The highest BCUT2D eigenvalue weighted by molar-refractivity contribution is 5.44. The topological polar surface area (TPSA) is 24.9 Å². The number of benzene rings is 1. The minimum Gasteiger partial charge on any atom is -0.457 e. The molecule has 1 aromatic rings. The van der Waals surface area contributed by atoms with Crippen molar-refractivity contribution in [2.24, 2.45) is 0 Å². The lowest BCUT2D eigenvalue weighted by molar-refractivity contribution is 0.160. The van der Waals surface area contributed by atoms with E-state index in [9.17, 15) is 0 Å². The number of hydrogen-bond acceptors (Lipinski definition) is 4. The van der Waals surface area contributed by atoms with Gasteiger partial charge in [-0.05, 0) is 30.8 Å². The van der Waals surface area contributed by atoms with Crippen molar-refractivity contribution in [3.8, 4) is 11.5 Å². The molecule has 0 radical (unpaired) electrons. The molecule has 2 heterocycles. The molecule has 1 saturated heterocycles. The van der Waals surface area contributed by atoms with Crippen molar-refractivity contribution in [2.75, 3.05) is 33.0 Å². The summed E-state index contributed by atoms with van der Waals surface area (Å²) in [5.41, 5.74) is 1.28. The molecule has 0 N–H and O–H groups in total. The van der Waals surface area contributed by atoms with E-state index in [1.54, 1.807) is 0 Å². The zero-order valence-electron chi connectivity index (χ0n) is 9.89. The van der Waals surface area contributed by atoms with Crippen LogP contribution >= 0.6 is 0 Å². The molecule has 4 nitrogen and oxygen atoms in total. The van der Waals surface area contributed by atoms with Gasteiger partial charge in [0.25, 0.3) is 0 Å². The van der Waals surface area contributed by atoms with E-state index in [0.717, 1.165) is 44.2 Å². The van der Waals surface area contributed by atoms with Gasteiger partial charge in [-0.1, -0.05) is 6.07 Å². The number of ether oxygens (including phenoxy) is 2. The number of hydrogen-bond donors (Lipinski definition) is 0. The molecule has 0 atom stereocenters. The van der Waals surface area contributed by atoms with Gasteiger partial charge < -0.3 is 14.4 Å². The summed E-state index contributed by atoms with van der Waals surface area (Å²) in [7, 11) is 3.96. The number of rotatable bonds is 2. The van der Waals surface area contributed by atoms with Gasteiger partial charge in [0.1, 0.15) is 0 Å². The van der Waals surface area contributed by atoms with E-state index < -0.39 is 0 Å². The van der Waals surface area contributed by atoms with Gasteiger partial charge >= 0.3 is 0 Å². The highest BCUT2D eigenvalue weighted by Crippen LogP contribution is 2.32. The van der Waals surface area contributed by atoms with Gasteiger partial charge in [0.2, 0.25) is 6.79 Å². The molecule has 3 rings (SSSR count). The Balaban J connectivity index is 1.65. The molecule has 0 unspecified atom stereocenters. The van der Waals surface area contributed by atoms with E-state index in [1.165, 1.54) is 5.56 Å². The molecule has 0 amide bonds. The number of piperazine rings is 1. The second kappa shape index (κ2) is 4.55. The Morgan fingerprint density at radius 1 is 1.06 bits per heavy atom. The van der Waals surface area contributed by atoms with Crippen molar-refractivity contribution in [3.05, 3.63) is 30.8 Å². The summed E-state index contributed by atoms with van der Waals surface area (Å²) in [6.07, 6.45) is 0. The van der Waals surface area contributed by atoms with Crippen molar-refractivity contribution >= 4 is 0 Å². The Labute approximate surface area is 102 Å². The van der Waals surface area contributed by atoms with E-state index in [-0.39, 0.29) is 0 Å². The number of nitrogens with zero attached hydrogens (tertiary/aromatic N) is 2. The van der Waals surface area contributed by atoms with Crippen LogP contribution in [0.1, 0.15) is 5.56 Å². The molecule has 92 valence electrons. The van der Waals surface area contributed by atoms with Crippen LogP contribution in [0.25, 0.3) is 0 Å². The summed E-state index contributed by atoms with van der Waals surface area (Å²) in [6.45, 7) is 5.58. The molecule has 2 aliphatic heterocycles. The predicted molar refractivity (Wildman–Crippen MR) is 64.8 cm³/mol. The quantitative estimate of drug-likeness (QED) is 0.719. The van der Waals surface area contributed by atoms with Crippen LogP contribution in [-0.2, 0) is 6.54 Å². The molecule has 4 heteroatoms. The maximum atomic E-state index is 5.39. The number of fused-ring (bicyclic) bond motifs is 1. The van der Waals surface area contributed by atoms with Crippen molar-refractivity contribution in [2.45, 2.75) is 6.54 Å². The zero-order chi connectivity index (χ0) is 11.7. The van der Waals surface area contributed by atoms with Crippen LogP contribution in [0.3, 0.4) is 0 Å². The van der Waals surface area contributed by atoms with Gasteiger partial charge in [0.05, 0.1) is 0 Å². The molecule has 0 aliphatic carbocycles. The Hall–Kier alpha value is -1.26. The highest BCUT2D eigenvalue weighted by atomic mass is 16.7. The van der Waals surface area contributed by atoms with Crippen LogP contribution in [0.2, 0.25) is 0 Å². The first-order chi connectivity index (χ1) is 8.31. The van der Waals surface area contributed by atoms with E-state index in [0.29, 0.717) is 6.79 Å². The van der Waals surface area contributed by atoms with Crippen LogP contribution in [0.4, 0.5) is 0 Å². The second-order valence-electron chi connectivity index (χ2n) is 4.58. The maximum Gasteiger partial charge on any atom is 0.231 e. The lowest BCUT2D eigenvalue weighted by Crippen LogP contribution is -2.43. The molecule has 2 aliphatic rings. The van der Waals surface area contributed by atoms with Crippen LogP contribution < -0.4 is 9.47 Å². The minimum atomic E-state index is 0.346. The monoisotopic (exact) mass is 233 g/mol. The Bertz CT molecular complexity index is 400. The molecular formula is C13H17N2O2-. The largest absolute Gasteiger partial charge is 0.457 e. The normalized spacial score (nSPS) is 20.8. The molecule has 1 aromatic carbocycles. The van der Waals surface area contributed by atoms with E-state index in [1.807, 2.05) is 6.07 Å². The third kappa shape index (κ3) is 2.37. The fourth-order valence-corrected chi connectivity index (χ4v) is 2.24. The first-order valence-corrected chi connectivity index (χ1v) is 5.97. The van der Waals surface area contributed by atoms with Gasteiger partial charge in [-0.3, -0.25) is 11.9 Å². The molecular weight excluding hydrogens is 216 g/mol. The summed E-state index contributed by atoms with van der Waals surface area (Å²) >= 11 is 0. The third-order valence-electron chi connectivity index (χ3n) is 3.31. The van der Waals surface area contributed by atoms with Gasteiger partial charge in [-0.2, -0.15) is 0 Å². The van der Waals surface area contributed by atoms with Crippen LogP contribution in [0.15, 0.2) is 18.2 Å². The lowest BCUT2D eigenvalue weighted by atomic mass is 10.2. The van der Waals surface area contributed by atoms with Gasteiger partial charge in [-0.15, -0.1) is 0 Å². The first kappa shape index (κ1) is 10.9. The van der Waals surface area contributed by atoms with Gasteiger partial charge in [0.15, 0.2) is 11.5 Å². The van der Waals surface area contributed by atoms with Crippen molar-refractivity contribution in [1.29, 1.82) is 0 Å². The van der Waals surface area contributed by atoms with Gasteiger partial charge in [0, 0.05) is 19.6 Å². The summed E-state index contributed by atoms with van der Waals surface area (Å²) in [4.78, 5) is 4.56. The summed E-state index contributed by atoms with van der Waals surface area (Å²) in [5, 5.41) is 0. The molecule has 17 heavy (non-hydrogen) atoms. The highest BCUT2D eigenvalue weighted by Gasteiger charge is 2.15. The standard InChI is InChI=1S/C13H17N2O2/c1-14-4-6-15(7-5-14)9-11-2-3-12-13(8-11)17-10-16-12/h2-3,8H,1,4-7,9-10H2/q-1. The van der Waals surface area contributed by atoms with E-state index in [4.69, 9.17) is 9.47 Å². The van der Waals surface area contributed by atoms with Gasteiger partial charge in [-0.25, -0.2) is 0 Å². The van der Waals surface area contributed by atoms with E-state index >= 15 is 0 Å². The fraction of sp³-hybridized carbons (Fsp3) is 0.462. The molecule has 0 bridgehead atoms. The molecule has 0 aromatic heterocycles. The second-order valence-corrected chi connectivity index (χ2v) is 4.58. The minimum absolute atomic E-state index is 0.346. The lowest BCUT2D eigenvalue weighted by Gasteiger charge is -2.37. The van der Waals surface area contributed by atoms with Crippen molar-refractivity contribution < 1.29 is 9.47 Å². The Kier molecular flexibility index (Phi) is 2.91. The van der Waals surface area contributed by atoms with Crippen molar-refractivity contribution in [1.82, 2.24) is 9.80 Å². The van der Waals surface area contributed by atoms with Crippen LogP contribution in [0, 0.1) is 7.05 Å². The Morgan fingerprint density at radius 3 is 2.65 bits per heavy atom. The fourth-order valence-electron chi connectivity index (χ4n) is 2.24. The SMILES string of the molecule is [CH2-]N1CCN(Cc2ccc3c(c2)OCO3)CC1. The maximum absolute atomic E-state index is 5.39. The average Bonchev–Trinajstić information content (AvgIpc) is 2.79. The third-order valence-corrected chi connectivity index (χ3v) is 3.31. The van der Waals surface area contributed by atoms with Crippen LogP contribution in [-0.4, -0.2) is 42.8 Å². The smallest absolute Gasteiger partial charge is 0.231 e. The molecule has 0 spiro atoms. The average molecular weight is 233 g/mol. The van der Waals surface area contributed by atoms with Crippen LogP contribution in [0.5, 0.6) is 11.5 Å².